The Hall–Kier alpha value is -8.98. The predicted molar refractivity (Wildman–Crippen MR) is 286 cm³/mol. The van der Waals surface area contributed by atoms with E-state index in [2.05, 4.69) is 272 Å². The zero-order valence-corrected chi connectivity index (χ0v) is 37.3. The van der Waals surface area contributed by atoms with Crippen LogP contribution in [0, 0.1) is 0 Å². The fraction of sp³-hybridized carbons (Fsp3) is 0. The van der Waals surface area contributed by atoms with Gasteiger partial charge in [0.15, 0.2) is 0 Å². The average Bonchev–Trinajstić information content (AvgIpc) is 3.81. The van der Waals surface area contributed by atoms with Crippen LogP contribution in [0.5, 0.6) is 0 Å². The van der Waals surface area contributed by atoms with Crippen molar-refractivity contribution in [1.82, 2.24) is 0 Å². The average molecular weight is 868 g/mol. The van der Waals surface area contributed by atoms with Crippen molar-refractivity contribution in [2.24, 2.45) is 0 Å². The van der Waals surface area contributed by atoms with Crippen LogP contribution in [0.1, 0.15) is 0 Å². The number of furan rings is 1. The molecule has 1 heterocycles. The first-order valence-electron chi connectivity index (χ1n) is 23.3. The minimum absolute atomic E-state index is 0.848. The molecule has 0 atom stereocenters. The summed E-state index contributed by atoms with van der Waals surface area (Å²) in [6, 6.07) is 98.2. The third-order valence-electron chi connectivity index (χ3n) is 13.1. The lowest BCUT2D eigenvalue weighted by molar-refractivity contribution is 0.669. The molecule has 0 amide bonds. The highest BCUT2D eigenvalue weighted by atomic mass is 16.3. The second-order valence-electron chi connectivity index (χ2n) is 17.2. The van der Waals surface area contributed by atoms with Gasteiger partial charge in [-0.1, -0.05) is 224 Å². The van der Waals surface area contributed by atoms with E-state index in [0.29, 0.717) is 0 Å². The highest BCUT2D eigenvalue weighted by Crippen LogP contribution is 2.51. The van der Waals surface area contributed by atoms with Crippen molar-refractivity contribution in [2.45, 2.75) is 0 Å². The van der Waals surface area contributed by atoms with E-state index in [9.17, 15) is 0 Å². The summed E-state index contributed by atoms with van der Waals surface area (Å²) in [5.74, 6) is 0. The molecule has 320 valence electrons. The monoisotopic (exact) mass is 867 g/mol. The van der Waals surface area contributed by atoms with Gasteiger partial charge in [0.1, 0.15) is 11.2 Å². The van der Waals surface area contributed by atoms with Gasteiger partial charge >= 0.3 is 0 Å². The van der Waals surface area contributed by atoms with E-state index in [-0.39, 0.29) is 0 Å². The van der Waals surface area contributed by atoms with E-state index in [1.165, 1.54) is 44.5 Å². The van der Waals surface area contributed by atoms with Gasteiger partial charge in [0, 0.05) is 16.8 Å². The number of benzene rings is 11. The molecule has 12 aromatic rings. The van der Waals surface area contributed by atoms with Crippen molar-refractivity contribution in [3.8, 4) is 77.9 Å². The van der Waals surface area contributed by atoms with Gasteiger partial charge in [-0.3, -0.25) is 0 Å². The van der Waals surface area contributed by atoms with Crippen LogP contribution in [0.2, 0.25) is 0 Å². The minimum Gasteiger partial charge on any atom is -0.456 e. The van der Waals surface area contributed by atoms with E-state index in [1.807, 2.05) is 6.07 Å². The highest BCUT2D eigenvalue weighted by Gasteiger charge is 2.25. The molecule has 1 aromatic heterocycles. The molecule has 0 unspecified atom stereocenters. The van der Waals surface area contributed by atoms with Gasteiger partial charge in [-0.2, -0.15) is 0 Å². The van der Waals surface area contributed by atoms with Gasteiger partial charge in [0.2, 0.25) is 0 Å². The fourth-order valence-electron chi connectivity index (χ4n) is 10.0. The van der Waals surface area contributed by atoms with Gasteiger partial charge in [-0.15, -0.1) is 0 Å². The normalized spacial score (nSPS) is 11.2. The Labute approximate surface area is 397 Å². The number of anilines is 3. The third-order valence-corrected chi connectivity index (χ3v) is 13.1. The summed E-state index contributed by atoms with van der Waals surface area (Å²) in [6.07, 6.45) is 0. The van der Waals surface area contributed by atoms with Gasteiger partial charge in [-0.25, -0.2) is 0 Å². The Kier molecular flexibility index (Phi) is 10.6. The van der Waals surface area contributed by atoms with Gasteiger partial charge < -0.3 is 9.32 Å². The fourth-order valence-corrected chi connectivity index (χ4v) is 10.0. The van der Waals surface area contributed by atoms with E-state index >= 15 is 0 Å². The standard InChI is InChI=1S/C66H45NO/c1-6-22-46(23-7-1)55-34-16-17-35-56(55)48-40-42-53(43-41-48)67(60-37-21-39-62-66(60)57-36-18-19-38-61(57)68-62)54-33-20-32-52(44-54)59-45-58(47-24-8-2-9-25-47)63(49-26-10-3-11-27-49)65(51-30-14-5-15-31-51)64(59)50-28-12-4-13-29-50/h1-45H. The first-order chi connectivity index (χ1) is 33.8. The van der Waals surface area contributed by atoms with Crippen molar-refractivity contribution in [1.29, 1.82) is 0 Å². The highest BCUT2D eigenvalue weighted by molar-refractivity contribution is 6.14. The maximum Gasteiger partial charge on any atom is 0.137 e. The van der Waals surface area contributed by atoms with E-state index in [1.54, 1.807) is 0 Å². The summed E-state index contributed by atoms with van der Waals surface area (Å²) in [5.41, 5.74) is 21.2. The first kappa shape index (κ1) is 40.5. The van der Waals surface area contributed by atoms with Crippen LogP contribution in [-0.4, -0.2) is 0 Å². The molecule has 0 saturated carbocycles. The Bertz CT molecular complexity index is 3690. The SMILES string of the molecule is c1ccc(-c2ccccc2-c2ccc(N(c3cccc(-c4cc(-c5ccccc5)c(-c5ccccc5)c(-c5ccccc5)c4-c4ccccc4)c3)c3cccc4oc5ccccc5c34)cc2)cc1. The summed E-state index contributed by atoms with van der Waals surface area (Å²) >= 11 is 0. The van der Waals surface area contributed by atoms with E-state index in [4.69, 9.17) is 4.42 Å². The topological polar surface area (TPSA) is 16.4 Å². The molecule has 0 aliphatic rings. The molecule has 12 rings (SSSR count). The van der Waals surface area contributed by atoms with Crippen molar-refractivity contribution >= 4 is 39.0 Å². The first-order valence-corrected chi connectivity index (χ1v) is 23.3. The molecule has 68 heavy (non-hydrogen) atoms. The lowest BCUT2D eigenvalue weighted by atomic mass is 9.79. The van der Waals surface area contributed by atoms with Crippen LogP contribution in [0.3, 0.4) is 0 Å². The number of hydrogen-bond donors (Lipinski definition) is 0. The zero-order valence-electron chi connectivity index (χ0n) is 37.3. The third kappa shape index (κ3) is 7.45. The molecule has 0 aliphatic heterocycles. The molecular formula is C66H45NO. The molecule has 2 nitrogen and oxygen atoms in total. The summed E-state index contributed by atoms with van der Waals surface area (Å²) in [4.78, 5) is 2.40. The number of para-hydroxylation sites is 1. The summed E-state index contributed by atoms with van der Waals surface area (Å²) < 4.78 is 6.54. The minimum atomic E-state index is 0.848. The molecule has 2 heteroatoms. The van der Waals surface area contributed by atoms with Crippen LogP contribution in [0.15, 0.2) is 277 Å². The Balaban J connectivity index is 1.11. The van der Waals surface area contributed by atoms with Gasteiger partial charge in [-0.05, 0) is 126 Å². The maximum atomic E-state index is 6.54. The predicted octanol–water partition coefficient (Wildman–Crippen LogP) is 18.7. The van der Waals surface area contributed by atoms with Crippen LogP contribution < -0.4 is 4.90 Å². The molecule has 11 aromatic carbocycles. The molecule has 0 fully saturated rings. The molecule has 0 aliphatic carbocycles. The largest absolute Gasteiger partial charge is 0.456 e. The van der Waals surface area contributed by atoms with Crippen molar-refractivity contribution in [2.75, 3.05) is 4.90 Å². The lowest BCUT2D eigenvalue weighted by Crippen LogP contribution is -2.10. The van der Waals surface area contributed by atoms with Crippen molar-refractivity contribution < 1.29 is 4.42 Å². The van der Waals surface area contributed by atoms with Gasteiger partial charge in [0.05, 0.1) is 11.1 Å². The number of nitrogens with zero attached hydrogens (tertiary/aromatic N) is 1. The van der Waals surface area contributed by atoms with E-state index in [0.717, 1.165) is 72.4 Å². The maximum absolute atomic E-state index is 6.54. The number of rotatable bonds is 10. The number of fused-ring (bicyclic) bond motifs is 3. The molecule has 0 saturated heterocycles. The molecule has 0 radical (unpaired) electrons. The van der Waals surface area contributed by atoms with Crippen molar-refractivity contribution in [3.63, 3.8) is 0 Å². The smallest absolute Gasteiger partial charge is 0.137 e. The molecule has 0 N–H and O–H groups in total. The summed E-state index contributed by atoms with van der Waals surface area (Å²) in [7, 11) is 0. The van der Waals surface area contributed by atoms with Crippen LogP contribution in [-0.2, 0) is 0 Å². The molecule has 0 spiro atoms. The summed E-state index contributed by atoms with van der Waals surface area (Å²) in [6.45, 7) is 0. The lowest BCUT2D eigenvalue weighted by Gasteiger charge is -2.28. The second-order valence-corrected chi connectivity index (χ2v) is 17.2. The van der Waals surface area contributed by atoms with Crippen LogP contribution in [0.4, 0.5) is 17.1 Å². The molecular weight excluding hydrogens is 823 g/mol. The molecule has 0 bridgehead atoms. The van der Waals surface area contributed by atoms with Crippen LogP contribution in [0.25, 0.3) is 99.8 Å². The Morgan fingerprint density at radius 3 is 1.26 bits per heavy atom. The summed E-state index contributed by atoms with van der Waals surface area (Å²) in [5, 5.41) is 2.15. The Morgan fingerprint density at radius 2 is 0.676 bits per heavy atom. The van der Waals surface area contributed by atoms with Crippen LogP contribution >= 0.6 is 0 Å². The van der Waals surface area contributed by atoms with E-state index < -0.39 is 0 Å². The number of hydrogen-bond acceptors (Lipinski definition) is 2. The Morgan fingerprint density at radius 1 is 0.250 bits per heavy atom. The zero-order chi connectivity index (χ0) is 45.2. The van der Waals surface area contributed by atoms with Gasteiger partial charge in [0.25, 0.3) is 0 Å². The van der Waals surface area contributed by atoms with Crippen molar-refractivity contribution in [3.05, 3.63) is 273 Å². The quantitative estimate of drug-likeness (QED) is 0.136. The second kappa shape index (κ2) is 17.8.